The summed E-state index contributed by atoms with van der Waals surface area (Å²) in [5, 5.41) is 3.52. The van der Waals surface area contributed by atoms with Crippen LogP contribution in [0.4, 0.5) is 5.82 Å². The van der Waals surface area contributed by atoms with Crippen LogP contribution in [0.5, 0.6) is 0 Å². The maximum absolute atomic E-state index is 5.43. The summed E-state index contributed by atoms with van der Waals surface area (Å²) in [6.45, 7) is 10.3. The van der Waals surface area contributed by atoms with Crippen molar-refractivity contribution >= 4 is 5.82 Å². The van der Waals surface area contributed by atoms with E-state index in [2.05, 4.69) is 55.2 Å². The highest BCUT2D eigenvalue weighted by molar-refractivity contribution is 5.40. The van der Waals surface area contributed by atoms with Crippen LogP contribution in [0.2, 0.25) is 0 Å². The second kappa shape index (κ2) is 7.23. The van der Waals surface area contributed by atoms with E-state index in [-0.39, 0.29) is 5.54 Å². The molecule has 0 unspecified atom stereocenters. The number of nitrogens with one attached hydrogen (secondary N) is 1. The number of hydrogen-bond donors (Lipinski definition) is 1. The van der Waals surface area contributed by atoms with Crippen molar-refractivity contribution in [3.8, 4) is 0 Å². The molecule has 1 fully saturated rings. The minimum absolute atomic E-state index is 0.136. The number of hydrogen-bond acceptors (Lipinski definition) is 4. The molecule has 1 aliphatic heterocycles. The molecule has 0 amide bonds. The minimum Gasteiger partial charge on any atom is -0.381 e. The third-order valence-electron chi connectivity index (χ3n) is 3.90. The van der Waals surface area contributed by atoms with Gasteiger partial charge in [-0.1, -0.05) is 0 Å². The summed E-state index contributed by atoms with van der Waals surface area (Å²) in [6, 6.07) is 4.28. The van der Waals surface area contributed by atoms with Crippen molar-refractivity contribution in [2.75, 3.05) is 31.7 Å². The van der Waals surface area contributed by atoms with E-state index in [4.69, 9.17) is 4.74 Å². The molecule has 1 aromatic rings. The van der Waals surface area contributed by atoms with Crippen LogP contribution in [-0.2, 0) is 11.3 Å². The number of pyridine rings is 1. The fourth-order valence-corrected chi connectivity index (χ4v) is 2.56. The Morgan fingerprint density at radius 1 is 1.33 bits per heavy atom. The maximum Gasteiger partial charge on any atom is 0.128 e. The highest BCUT2D eigenvalue weighted by Gasteiger charge is 2.17. The van der Waals surface area contributed by atoms with Gasteiger partial charge in [0.1, 0.15) is 5.82 Å². The van der Waals surface area contributed by atoms with E-state index in [0.717, 1.165) is 50.9 Å². The molecule has 0 saturated carbocycles. The number of aromatic nitrogens is 1. The molecule has 2 rings (SSSR count). The quantitative estimate of drug-likeness (QED) is 0.905. The molecule has 4 heteroatoms. The molecule has 0 aromatic carbocycles. The van der Waals surface area contributed by atoms with E-state index in [1.807, 2.05) is 6.20 Å². The molecule has 1 saturated heterocycles. The summed E-state index contributed by atoms with van der Waals surface area (Å²) < 4.78 is 5.43. The fourth-order valence-electron chi connectivity index (χ4n) is 2.56. The van der Waals surface area contributed by atoms with Crippen molar-refractivity contribution in [3.63, 3.8) is 0 Å². The molecular weight excluding hydrogens is 262 g/mol. The lowest BCUT2D eigenvalue weighted by molar-refractivity contribution is 0.0685. The van der Waals surface area contributed by atoms with Crippen LogP contribution in [0.1, 0.15) is 39.2 Å². The Balaban J connectivity index is 1.92. The summed E-state index contributed by atoms with van der Waals surface area (Å²) >= 11 is 0. The molecular formula is C17H29N3O. The van der Waals surface area contributed by atoms with Crippen LogP contribution in [0, 0.1) is 5.92 Å². The van der Waals surface area contributed by atoms with E-state index in [1.54, 1.807) is 0 Å². The Labute approximate surface area is 128 Å². The average molecular weight is 291 g/mol. The second-order valence-corrected chi connectivity index (χ2v) is 7.06. The van der Waals surface area contributed by atoms with Gasteiger partial charge < -0.3 is 15.0 Å². The zero-order valence-corrected chi connectivity index (χ0v) is 13.9. The first kappa shape index (κ1) is 16.2. The predicted molar refractivity (Wildman–Crippen MR) is 87.6 cm³/mol. The Hall–Kier alpha value is -1.13. The summed E-state index contributed by atoms with van der Waals surface area (Å²) in [5.74, 6) is 1.79. The molecule has 1 N–H and O–H groups in total. The smallest absolute Gasteiger partial charge is 0.128 e. The number of ether oxygens (including phenoxy) is 1. The lowest BCUT2D eigenvalue weighted by Crippen LogP contribution is -2.35. The van der Waals surface area contributed by atoms with Gasteiger partial charge in [0.2, 0.25) is 0 Å². The van der Waals surface area contributed by atoms with Crippen molar-refractivity contribution < 1.29 is 4.74 Å². The fraction of sp³-hybridized carbons (Fsp3) is 0.706. The second-order valence-electron chi connectivity index (χ2n) is 7.06. The standard InChI is InChI=1S/C17H29N3O/c1-17(2,3)19-12-15-5-8-18-16(11-15)20(4)13-14-6-9-21-10-7-14/h5,8,11,14,19H,6-7,9-10,12-13H2,1-4H3. The molecule has 0 aliphatic carbocycles. The number of anilines is 1. The van der Waals surface area contributed by atoms with Gasteiger partial charge in [-0.2, -0.15) is 0 Å². The molecule has 0 bridgehead atoms. The molecule has 21 heavy (non-hydrogen) atoms. The van der Waals surface area contributed by atoms with E-state index < -0.39 is 0 Å². The third kappa shape index (κ3) is 5.64. The van der Waals surface area contributed by atoms with Crippen molar-refractivity contribution in [2.24, 2.45) is 5.92 Å². The van der Waals surface area contributed by atoms with Gasteiger partial charge in [0.05, 0.1) is 0 Å². The average Bonchev–Trinajstić information content (AvgIpc) is 2.46. The summed E-state index contributed by atoms with van der Waals surface area (Å²) in [5.41, 5.74) is 1.42. The molecule has 0 spiro atoms. The molecule has 1 aromatic heterocycles. The molecule has 2 heterocycles. The van der Waals surface area contributed by atoms with E-state index in [9.17, 15) is 0 Å². The highest BCUT2D eigenvalue weighted by Crippen LogP contribution is 2.19. The van der Waals surface area contributed by atoms with Gasteiger partial charge in [0.15, 0.2) is 0 Å². The van der Waals surface area contributed by atoms with Crippen LogP contribution in [0.15, 0.2) is 18.3 Å². The lowest BCUT2D eigenvalue weighted by Gasteiger charge is -2.28. The third-order valence-corrected chi connectivity index (χ3v) is 3.90. The zero-order valence-electron chi connectivity index (χ0n) is 13.9. The number of rotatable bonds is 5. The van der Waals surface area contributed by atoms with Gasteiger partial charge in [0.25, 0.3) is 0 Å². The van der Waals surface area contributed by atoms with Crippen LogP contribution >= 0.6 is 0 Å². The monoisotopic (exact) mass is 291 g/mol. The Bertz CT molecular complexity index is 436. The normalized spacial score (nSPS) is 17.0. The van der Waals surface area contributed by atoms with Gasteiger partial charge in [0, 0.05) is 45.1 Å². The summed E-state index contributed by atoms with van der Waals surface area (Å²) in [4.78, 5) is 6.79. The van der Waals surface area contributed by atoms with Gasteiger partial charge >= 0.3 is 0 Å². The van der Waals surface area contributed by atoms with Crippen molar-refractivity contribution in [3.05, 3.63) is 23.9 Å². The van der Waals surface area contributed by atoms with Crippen molar-refractivity contribution in [1.82, 2.24) is 10.3 Å². The SMILES string of the molecule is CN(CC1CCOCC1)c1cc(CNC(C)(C)C)ccn1. The molecule has 4 nitrogen and oxygen atoms in total. The molecule has 0 atom stereocenters. The summed E-state index contributed by atoms with van der Waals surface area (Å²) in [6.07, 6.45) is 4.24. The zero-order chi connectivity index (χ0) is 15.3. The summed E-state index contributed by atoms with van der Waals surface area (Å²) in [7, 11) is 2.14. The van der Waals surface area contributed by atoms with Crippen LogP contribution < -0.4 is 10.2 Å². The van der Waals surface area contributed by atoms with Crippen molar-refractivity contribution in [2.45, 2.75) is 45.7 Å². The lowest BCUT2D eigenvalue weighted by atomic mass is 10.00. The van der Waals surface area contributed by atoms with E-state index in [1.165, 1.54) is 5.56 Å². The van der Waals surface area contributed by atoms with Crippen LogP contribution in [0.3, 0.4) is 0 Å². The Kier molecular flexibility index (Phi) is 5.59. The molecule has 1 aliphatic rings. The van der Waals surface area contributed by atoms with Gasteiger partial charge in [-0.05, 0) is 57.2 Å². The van der Waals surface area contributed by atoms with E-state index >= 15 is 0 Å². The predicted octanol–water partition coefficient (Wildman–Crippen LogP) is 2.83. The van der Waals surface area contributed by atoms with Gasteiger partial charge in [-0.3, -0.25) is 0 Å². The first-order valence-corrected chi connectivity index (χ1v) is 7.93. The Morgan fingerprint density at radius 3 is 2.71 bits per heavy atom. The van der Waals surface area contributed by atoms with Crippen molar-refractivity contribution in [1.29, 1.82) is 0 Å². The number of nitrogens with zero attached hydrogens (tertiary/aromatic N) is 2. The van der Waals surface area contributed by atoms with Gasteiger partial charge in [-0.25, -0.2) is 4.98 Å². The van der Waals surface area contributed by atoms with Crippen LogP contribution in [0.25, 0.3) is 0 Å². The largest absolute Gasteiger partial charge is 0.381 e. The minimum atomic E-state index is 0.136. The molecule has 118 valence electrons. The van der Waals surface area contributed by atoms with Crippen LogP contribution in [-0.4, -0.2) is 37.3 Å². The first-order chi connectivity index (χ1) is 9.94. The highest BCUT2D eigenvalue weighted by atomic mass is 16.5. The van der Waals surface area contributed by atoms with E-state index in [0.29, 0.717) is 0 Å². The first-order valence-electron chi connectivity index (χ1n) is 7.93. The maximum atomic E-state index is 5.43. The topological polar surface area (TPSA) is 37.4 Å². The Morgan fingerprint density at radius 2 is 2.05 bits per heavy atom. The van der Waals surface area contributed by atoms with Gasteiger partial charge in [-0.15, -0.1) is 0 Å². The molecule has 0 radical (unpaired) electrons.